The number of quaternary nitrogens is 1. The van der Waals surface area contributed by atoms with Crippen LogP contribution in [0, 0.1) is 0 Å². The van der Waals surface area contributed by atoms with Crippen LogP contribution in [0.2, 0.25) is 0 Å². The minimum Gasteiger partial charge on any atom is -0.475 e. The maximum absolute atomic E-state index is 12.6. The van der Waals surface area contributed by atoms with Crippen LogP contribution in [-0.4, -0.2) is 52.2 Å². The van der Waals surface area contributed by atoms with Gasteiger partial charge in [0, 0.05) is 25.3 Å². The molecule has 0 aromatic carbocycles. The molecule has 2 heterocycles. The van der Waals surface area contributed by atoms with Gasteiger partial charge in [0.05, 0.1) is 31.9 Å². The van der Waals surface area contributed by atoms with Gasteiger partial charge in [-0.25, -0.2) is 0 Å². The molecule has 1 aromatic heterocycles. The maximum atomic E-state index is 12.6. The smallest absolute Gasteiger partial charge is 0.310 e. The molecule has 0 N–H and O–H groups in total. The molecule has 0 radical (unpaired) electrons. The molecule has 1 unspecified atom stereocenters. The first-order chi connectivity index (χ1) is 18.5. The van der Waals surface area contributed by atoms with E-state index in [1.54, 1.807) is 0 Å². The van der Waals surface area contributed by atoms with Gasteiger partial charge >= 0.3 is 5.97 Å². The van der Waals surface area contributed by atoms with Crippen molar-refractivity contribution in [3.63, 3.8) is 0 Å². The van der Waals surface area contributed by atoms with Crippen molar-refractivity contribution < 1.29 is 18.8 Å². The Morgan fingerprint density at radius 2 is 1.47 bits per heavy atom. The summed E-state index contributed by atoms with van der Waals surface area (Å²) in [7, 11) is 2.18. The fourth-order valence-corrected chi connectivity index (χ4v) is 5.74. The first kappa shape index (κ1) is 32.7. The molecule has 0 saturated carbocycles. The normalized spacial score (nSPS) is 18.3. The summed E-state index contributed by atoms with van der Waals surface area (Å²) >= 11 is 1.21. The van der Waals surface area contributed by atoms with Crippen LogP contribution in [-0.2, 0) is 9.53 Å². The lowest BCUT2D eigenvalue weighted by Crippen LogP contribution is -2.55. The quantitative estimate of drug-likeness (QED) is 0.0820. The molecule has 6 nitrogen and oxygen atoms in total. The van der Waals surface area contributed by atoms with Gasteiger partial charge in [0.25, 0.3) is 5.88 Å². The number of hydrogen-bond donors (Lipinski definition) is 0. The number of rotatable bonds is 22. The predicted octanol–water partition coefficient (Wildman–Crippen LogP) is 8.71. The van der Waals surface area contributed by atoms with Gasteiger partial charge < -0.3 is 9.47 Å². The summed E-state index contributed by atoms with van der Waals surface area (Å²) in [4.78, 5) is 12.6. The first-order valence-corrected chi connectivity index (χ1v) is 16.4. The van der Waals surface area contributed by atoms with Gasteiger partial charge in [-0.15, -0.1) is 4.37 Å². The van der Waals surface area contributed by atoms with Crippen LogP contribution >= 0.6 is 11.7 Å². The van der Waals surface area contributed by atoms with E-state index >= 15 is 0 Å². The van der Waals surface area contributed by atoms with Gasteiger partial charge in [0.2, 0.25) is 6.23 Å². The van der Waals surface area contributed by atoms with Gasteiger partial charge in [0.1, 0.15) is 12.2 Å². The zero-order valence-electron chi connectivity index (χ0n) is 25.0. The number of ether oxygens (including phenoxy) is 2. The molecule has 0 bridgehead atoms. The molecule has 38 heavy (non-hydrogen) atoms. The van der Waals surface area contributed by atoms with E-state index in [1.807, 2.05) is 6.92 Å². The second-order valence-corrected chi connectivity index (χ2v) is 12.0. The van der Waals surface area contributed by atoms with Crippen molar-refractivity contribution in [2.24, 2.45) is 0 Å². The molecule has 1 aromatic rings. The number of carbonyl (C=O) groups is 1. The lowest BCUT2D eigenvalue weighted by atomic mass is 10.0. The summed E-state index contributed by atoms with van der Waals surface area (Å²) < 4.78 is 21.6. The van der Waals surface area contributed by atoms with Crippen molar-refractivity contribution in [2.45, 2.75) is 143 Å². The first-order valence-electron chi connectivity index (χ1n) is 15.7. The van der Waals surface area contributed by atoms with Crippen LogP contribution < -0.4 is 4.74 Å². The molecular weight excluding hydrogens is 494 g/mol. The van der Waals surface area contributed by atoms with E-state index in [2.05, 4.69) is 35.7 Å². The third-order valence-corrected chi connectivity index (χ3v) is 8.49. The fraction of sp³-hybridized carbons (Fsp3) is 0.839. The highest BCUT2D eigenvalue weighted by Crippen LogP contribution is 2.31. The highest BCUT2D eigenvalue weighted by Gasteiger charge is 2.36. The SMILES string of the molecule is CCCCCCCCCCCCCCC(=O)O[C@H](C)[N+]1(C)CCC=C(c2nsnc2OCCCCCC)C1. The third-order valence-electron chi connectivity index (χ3n) is 7.98. The number of esters is 1. The Labute approximate surface area is 237 Å². The van der Waals surface area contributed by atoms with Gasteiger partial charge in [-0.2, -0.15) is 4.37 Å². The molecule has 0 spiro atoms. The van der Waals surface area contributed by atoms with E-state index in [0.29, 0.717) is 23.4 Å². The van der Waals surface area contributed by atoms with Gasteiger partial charge in [-0.3, -0.25) is 9.28 Å². The van der Waals surface area contributed by atoms with Crippen molar-refractivity contribution in [3.8, 4) is 5.88 Å². The van der Waals surface area contributed by atoms with Crippen LogP contribution in [0.4, 0.5) is 0 Å². The minimum atomic E-state index is -0.187. The van der Waals surface area contributed by atoms with Crippen molar-refractivity contribution in [3.05, 3.63) is 11.8 Å². The maximum Gasteiger partial charge on any atom is 0.310 e. The Morgan fingerprint density at radius 1 is 0.895 bits per heavy atom. The fourth-order valence-electron chi connectivity index (χ4n) is 5.20. The molecule has 0 amide bonds. The Hall–Kier alpha value is -1.47. The second kappa shape index (κ2) is 19.6. The van der Waals surface area contributed by atoms with E-state index in [1.165, 1.54) is 95.2 Å². The molecule has 7 heteroatoms. The molecule has 1 aliphatic heterocycles. The van der Waals surface area contributed by atoms with E-state index in [4.69, 9.17) is 9.47 Å². The molecule has 1 aliphatic rings. The standard InChI is InChI=1S/C31H56N3O3S/c1-5-7-9-11-12-13-14-15-16-17-18-19-23-29(35)37-27(3)34(4)24-21-22-28(26-34)30-31(33-38-32-30)36-25-20-10-8-6-2/h22,27H,5-21,23-26H2,1-4H3/q+1/t27-,34?/m1/s1. The second-order valence-electron chi connectivity index (χ2n) is 11.4. The van der Waals surface area contributed by atoms with Crippen LogP contribution in [0.3, 0.4) is 0 Å². The van der Waals surface area contributed by atoms with Crippen molar-refractivity contribution in [2.75, 3.05) is 26.7 Å². The van der Waals surface area contributed by atoms with E-state index in [-0.39, 0.29) is 12.2 Å². The van der Waals surface area contributed by atoms with E-state index in [9.17, 15) is 4.79 Å². The largest absolute Gasteiger partial charge is 0.475 e. The van der Waals surface area contributed by atoms with E-state index in [0.717, 1.165) is 50.0 Å². The van der Waals surface area contributed by atoms with Crippen molar-refractivity contribution in [1.82, 2.24) is 8.75 Å². The van der Waals surface area contributed by atoms with Gasteiger partial charge in [0.15, 0.2) is 0 Å². The summed E-state index contributed by atoms with van der Waals surface area (Å²) in [6, 6.07) is 0. The zero-order valence-corrected chi connectivity index (χ0v) is 25.8. The average Bonchev–Trinajstić information content (AvgIpc) is 3.38. The topological polar surface area (TPSA) is 61.3 Å². The van der Waals surface area contributed by atoms with Crippen LogP contribution in [0.1, 0.15) is 142 Å². The van der Waals surface area contributed by atoms with Gasteiger partial charge in [-0.1, -0.05) is 110 Å². The van der Waals surface area contributed by atoms with Gasteiger partial charge in [-0.05, 0) is 12.8 Å². The predicted molar refractivity (Wildman–Crippen MR) is 159 cm³/mol. The number of likely N-dealkylation sites (N-methyl/N-ethyl adjacent to an activating group) is 1. The lowest BCUT2D eigenvalue weighted by molar-refractivity contribution is -0.944. The summed E-state index contributed by atoms with van der Waals surface area (Å²) in [5, 5.41) is 0. The highest BCUT2D eigenvalue weighted by molar-refractivity contribution is 6.99. The van der Waals surface area contributed by atoms with Crippen molar-refractivity contribution in [1.29, 1.82) is 0 Å². The molecular formula is C31H56N3O3S+. The Balaban J connectivity index is 1.64. The average molecular weight is 551 g/mol. The van der Waals surface area contributed by atoms with E-state index < -0.39 is 0 Å². The Morgan fingerprint density at radius 3 is 2.11 bits per heavy atom. The number of aromatic nitrogens is 2. The summed E-state index contributed by atoms with van der Waals surface area (Å²) in [5.74, 6) is 0.592. The third kappa shape index (κ3) is 12.6. The van der Waals surface area contributed by atoms with Crippen LogP contribution in [0.5, 0.6) is 5.88 Å². The molecule has 2 atom stereocenters. The molecule has 0 fully saturated rings. The molecule has 0 aliphatic carbocycles. The highest BCUT2D eigenvalue weighted by atomic mass is 32.1. The molecule has 218 valence electrons. The zero-order chi connectivity index (χ0) is 27.5. The summed E-state index contributed by atoms with van der Waals surface area (Å²) in [6.07, 6.45) is 23.8. The lowest BCUT2D eigenvalue weighted by Gasteiger charge is -2.41. The number of nitrogens with zero attached hydrogens (tertiary/aromatic N) is 3. The summed E-state index contributed by atoms with van der Waals surface area (Å²) in [5.41, 5.74) is 2.02. The monoisotopic (exact) mass is 550 g/mol. The number of unbranched alkanes of at least 4 members (excludes halogenated alkanes) is 14. The molecule has 2 rings (SSSR count). The summed E-state index contributed by atoms with van der Waals surface area (Å²) in [6.45, 7) is 8.92. The number of carbonyl (C=O) groups excluding carboxylic acids is 1. The minimum absolute atomic E-state index is 0.0635. The van der Waals surface area contributed by atoms with Crippen LogP contribution in [0.25, 0.3) is 5.57 Å². The van der Waals surface area contributed by atoms with Crippen molar-refractivity contribution >= 4 is 23.3 Å². The Kier molecular flexibility index (Phi) is 16.9. The Bertz CT molecular complexity index is 797. The van der Waals surface area contributed by atoms with Crippen LogP contribution in [0.15, 0.2) is 6.08 Å². The molecule has 0 saturated heterocycles. The number of hydrogen-bond acceptors (Lipinski definition) is 6.